The normalized spacial score (nSPS) is 10.2. The van der Waals surface area contributed by atoms with Crippen molar-refractivity contribution >= 4 is 11.6 Å². The van der Waals surface area contributed by atoms with Crippen LogP contribution >= 0.6 is 0 Å². The molecule has 1 amide bonds. The van der Waals surface area contributed by atoms with Crippen molar-refractivity contribution in [3.8, 4) is 5.75 Å². The maximum atomic E-state index is 11.8. The molecule has 0 heterocycles. The molecule has 2 aromatic carbocycles. The van der Waals surface area contributed by atoms with Gasteiger partial charge in [-0.2, -0.15) is 0 Å². The Balaban J connectivity index is 1.86. The summed E-state index contributed by atoms with van der Waals surface area (Å²) < 4.78 is 0. The van der Waals surface area contributed by atoms with Crippen molar-refractivity contribution in [1.82, 2.24) is 0 Å². The van der Waals surface area contributed by atoms with Crippen molar-refractivity contribution in [2.45, 2.75) is 19.8 Å². The number of carbonyl (C=O) groups is 1. The van der Waals surface area contributed by atoms with Gasteiger partial charge in [0.05, 0.1) is 0 Å². The van der Waals surface area contributed by atoms with Crippen LogP contribution in [-0.2, 0) is 11.2 Å². The summed E-state index contributed by atoms with van der Waals surface area (Å²) in [5.41, 5.74) is 2.98. The van der Waals surface area contributed by atoms with Gasteiger partial charge in [-0.3, -0.25) is 4.79 Å². The van der Waals surface area contributed by atoms with Crippen molar-refractivity contribution < 1.29 is 9.90 Å². The van der Waals surface area contributed by atoms with E-state index in [2.05, 4.69) is 5.32 Å². The molecule has 3 nitrogen and oxygen atoms in total. The van der Waals surface area contributed by atoms with E-state index in [1.54, 1.807) is 18.2 Å². The average Bonchev–Trinajstić information content (AvgIpc) is 2.38. The minimum atomic E-state index is -0.0498. The zero-order valence-electron chi connectivity index (χ0n) is 10.9. The van der Waals surface area contributed by atoms with Gasteiger partial charge in [0.15, 0.2) is 0 Å². The number of aryl methyl sites for hydroxylation is 2. The van der Waals surface area contributed by atoms with Crippen LogP contribution in [0.2, 0.25) is 0 Å². The highest BCUT2D eigenvalue weighted by Crippen LogP contribution is 2.15. The van der Waals surface area contributed by atoms with Crippen molar-refractivity contribution in [2.24, 2.45) is 0 Å². The van der Waals surface area contributed by atoms with Gasteiger partial charge in [0.1, 0.15) is 5.75 Å². The van der Waals surface area contributed by atoms with Crippen LogP contribution in [0.4, 0.5) is 5.69 Å². The third-order valence-electron chi connectivity index (χ3n) is 2.89. The molecule has 0 atom stereocenters. The van der Waals surface area contributed by atoms with E-state index in [9.17, 15) is 9.90 Å². The number of benzene rings is 2. The van der Waals surface area contributed by atoms with Gasteiger partial charge in [0.25, 0.3) is 0 Å². The average molecular weight is 255 g/mol. The highest BCUT2D eigenvalue weighted by molar-refractivity contribution is 5.91. The maximum Gasteiger partial charge on any atom is 0.224 e. The third kappa shape index (κ3) is 4.14. The lowest BCUT2D eigenvalue weighted by Gasteiger charge is -2.06. The molecule has 2 N–H and O–H groups in total. The Bertz CT molecular complexity index is 561. The summed E-state index contributed by atoms with van der Waals surface area (Å²) in [7, 11) is 0. The molecule has 0 saturated carbocycles. The number of anilines is 1. The summed E-state index contributed by atoms with van der Waals surface area (Å²) >= 11 is 0. The van der Waals surface area contributed by atoms with Gasteiger partial charge in [0, 0.05) is 18.2 Å². The smallest absolute Gasteiger partial charge is 0.224 e. The molecule has 2 rings (SSSR count). The molecule has 0 aliphatic carbocycles. The number of aromatic hydroxyl groups is 1. The van der Waals surface area contributed by atoms with E-state index in [0.29, 0.717) is 18.5 Å². The minimum absolute atomic E-state index is 0.0498. The lowest BCUT2D eigenvalue weighted by atomic mass is 10.1. The van der Waals surface area contributed by atoms with Crippen molar-refractivity contribution in [3.63, 3.8) is 0 Å². The van der Waals surface area contributed by atoms with Gasteiger partial charge in [-0.1, -0.05) is 35.9 Å². The Morgan fingerprint density at radius 2 is 1.89 bits per heavy atom. The second-order valence-electron chi connectivity index (χ2n) is 4.58. The molecule has 0 bridgehead atoms. The third-order valence-corrected chi connectivity index (χ3v) is 2.89. The zero-order valence-corrected chi connectivity index (χ0v) is 10.9. The number of carbonyl (C=O) groups excluding carboxylic acids is 1. The Kier molecular flexibility index (Phi) is 4.18. The first kappa shape index (κ1) is 13.1. The fourth-order valence-corrected chi connectivity index (χ4v) is 1.82. The van der Waals surface area contributed by atoms with Crippen LogP contribution in [0.25, 0.3) is 0 Å². The van der Waals surface area contributed by atoms with Crippen molar-refractivity contribution in [1.29, 1.82) is 0 Å². The maximum absolute atomic E-state index is 11.8. The molecule has 0 aromatic heterocycles. The lowest BCUT2D eigenvalue weighted by Crippen LogP contribution is -2.12. The van der Waals surface area contributed by atoms with E-state index in [1.807, 2.05) is 31.2 Å². The highest BCUT2D eigenvalue weighted by atomic mass is 16.3. The molecular formula is C16H17NO2. The molecule has 2 aromatic rings. The number of hydrogen-bond acceptors (Lipinski definition) is 2. The minimum Gasteiger partial charge on any atom is -0.508 e. The van der Waals surface area contributed by atoms with Crippen LogP contribution in [-0.4, -0.2) is 11.0 Å². The highest BCUT2D eigenvalue weighted by Gasteiger charge is 2.03. The summed E-state index contributed by atoms with van der Waals surface area (Å²) in [4.78, 5) is 11.8. The molecule has 19 heavy (non-hydrogen) atoms. The van der Waals surface area contributed by atoms with E-state index in [0.717, 1.165) is 5.56 Å². The van der Waals surface area contributed by atoms with E-state index in [-0.39, 0.29) is 11.7 Å². The zero-order chi connectivity index (χ0) is 13.7. The summed E-state index contributed by atoms with van der Waals surface area (Å²) in [6.45, 7) is 2.04. The molecule has 0 aliphatic rings. The SMILES string of the molecule is Cc1ccc(CCC(=O)Nc2cccc(O)c2)cc1. The molecule has 0 saturated heterocycles. The molecule has 0 unspecified atom stereocenters. The van der Waals surface area contributed by atoms with Gasteiger partial charge >= 0.3 is 0 Å². The molecular weight excluding hydrogens is 238 g/mol. The Labute approximate surface area is 112 Å². The Morgan fingerprint density at radius 1 is 1.16 bits per heavy atom. The standard InChI is InChI=1S/C16H17NO2/c1-12-5-7-13(8-6-12)9-10-16(19)17-14-3-2-4-15(18)11-14/h2-8,11,18H,9-10H2,1H3,(H,17,19). The summed E-state index contributed by atoms with van der Waals surface area (Å²) in [6, 6.07) is 14.7. The van der Waals surface area contributed by atoms with Gasteiger partial charge in [-0.15, -0.1) is 0 Å². The van der Waals surface area contributed by atoms with Gasteiger partial charge < -0.3 is 10.4 Å². The van der Waals surface area contributed by atoms with E-state index < -0.39 is 0 Å². The van der Waals surface area contributed by atoms with E-state index >= 15 is 0 Å². The van der Waals surface area contributed by atoms with Gasteiger partial charge in [0.2, 0.25) is 5.91 Å². The molecule has 0 radical (unpaired) electrons. The largest absolute Gasteiger partial charge is 0.508 e. The summed E-state index contributed by atoms with van der Waals surface area (Å²) in [5, 5.41) is 12.1. The Morgan fingerprint density at radius 3 is 2.58 bits per heavy atom. The molecule has 0 spiro atoms. The first-order chi connectivity index (χ1) is 9.13. The van der Waals surface area contributed by atoms with Crippen LogP contribution in [0.15, 0.2) is 48.5 Å². The molecule has 0 aliphatic heterocycles. The fraction of sp³-hybridized carbons (Fsp3) is 0.188. The van der Waals surface area contributed by atoms with E-state index in [1.165, 1.54) is 11.6 Å². The van der Waals surface area contributed by atoms with Crippen LogP contribution in [0, 0.1) is 6.92 Å². The number of phenolic OH excluding ortho intramolecular Hbond substituents is 1. The predicted octanol–water partition coefficient (Wildman–Crippen LogP) is 3.27. The first-order valence-corrected chi connectivity index (χ1v) is 6.28. The first-order valence-electron chi connectivity index (χ1n) is 6.28. The lowest BCUT2D eigenvalue weighted by molar-refractivity contribution is -0.116. The number of nitrogens with one attached hydrogen (secondary N) is 1. The fourth-order valence-electron chi connectivity index (χ4n) is 1.82. The quantitative estimate of drug-likeness (QED) is 0.880. The van der Waals surface area contributed by atoms with Gasteiger partial charge in [-0.25, -0.2) is 0 Å². The van der Waals surface area contributed by atoms with Crippen molar-refractivity contribution in [3.05, 3.63) is 59.7 Å². The second kappa shape index (κ2) is 6.05. The number of hydrogen-bond donors (Lipinski definition) is 2. The monoisotopic (exact) mass is 255 g/mol. The summed E-state index contributed by atoms with van der Waals surface area (Å²) in [5.74, 6) is 0.0995. The van der Waals surface area contributed by atoms with Gasteiger partial charge in [-0.05, 0) is 31.0 Å². The topological polar surface area (TPSA) is 49.3 Å². The van der Waals surface area contributed by atoms with Crippen LogP contribution in [0.5, 0.6) is 5.75 Å². The molecule has 0 fully saturated rings. The number of rotatable bonds is 4. The summed E-state index contributed by atoms with van der Waals surface area (Å²) in [6.07, 6.45) is 1.14. The van der Waals surface area contributed by atoms with Crippen LogP contribution in [0.1, 0.15) is 17.5 Å². The number of amides is 1. The van der Waals surface area contributed by atoms with E-state index in [4.69, 9.17) is 0 Å². The molecule has 3 heteroatoms. The number of phenols is 1. The van der Waals surface area contributed by atoms with Crippen LogP contribution < -0.4 is 5.32 Å². The molecule has 98 valence electrons. The predicted molar refractivity (Wildman–Crippen MR) is 76.2 cm³/mol. The van der Waals surface area contributed by atoms with Crippen molar-refractivity contribution in [2.75, 3.05) is 5.32 Å². The second-order valence-corrected chi connectivity index (χ2v) is 4.58. The Hall–Kier alpha value is -2.29. The van der Waals surface area contributed by atoms with Crippen LogP contribution in [0.3, 0.4) is 0 Å².